The Morgan fingerprint density at radius 2 is 2.29 bits per heavy atom. The number of rotatable bonds is 9. The Bertz CT molecular complexity index is 500. The number of thioether (sulfide) groups is 1. The van der Waals surface area contributed by atoms with Gasteiger partial charge in [0.1, 0.15) is 6.54 Å². The van der Waals surface area contributed by atoms with E-state index in [1.165, 1.54) is 4.90 Å². The highest BCUT2D eigenvalue weighted by atomic mass is 32.2. The van der Waals surface area contributed by atoms with Gasteiger partial charge in [-0.1, -0.05) is 0 Å². The molecular formula is C14H20N2O3S2. The third kappa shape index (κ3) is 6.05. The highest BCUT2D eigenvalue weighted by Crippen LogP contribution is 2.30. The van der Waals surface area contributed by atoms with Crippen LogP contribution in [0.1, 0.15) is 30.0 Å². The molecule has 0 aromatic carbocycles. The lowest BCUT2D eigenvalue weighted by molar-refractivity contribution is -0.144. The molecule has 1 amide bonds. The molecule has 1 aliphatic rings. The molecule has 21 heavy (non-hydrogen) atoms. The summed E-state index contributed by atoms with van der Waals surface area (Å²) in [6, 6.07) is 0. The van der Waals surface area contributed by atoms with Crippen LogP contribution in [0.2, 0.25) is 0 Å². The second kappa shape index (κ2) is 7.79. The molecule has 1 aromatic rings. The summed E-state index contributed by atoms with van der Waals surface area (Å²) in [5, 5.41) is 12.0. The van der Waals surface area contributed by atoms with Gasteiger partial charge < -0.3 is 10.0 Å². The van der Waals surface area contributed by atoms with Crippen LogP contribution in [-0.2, 0) is 15.3 Å². The van der Waals surface area contributed by atoms with Crippen molar-refractivity contribution >= 4 is 35.0 Å². The second-order valence-electron chi connectivity index (χ2n) is 5.27. The molecule has 1 N–H and O–H groups in total. The van der Waals surface area contributed by atoms with Gasteiger partial charge in [0.25, 0.3) is 0 Å². The summed E-state index contributed by atoms with van der Waals surface area (Å²) in [6.45, 7) is 2.40. The molecule has 0 bridgehead atoms. The number of thiazole rings is 1. The van der Waals surface area contributed by atoms with Gasteiger partial charge in [-0.05, 0) is 25.7 Å². The number of carboxylic acids is 1. The van der Waals surface area contributed by atoms with Crippen molar-refractivity contribution < 1.29 is 14.7 Å². The van der Waals surface area contributed by atoms with E-state index in [-0.39, 0.29) is 12.5 Å². The Morgan fingerprint density at radius 1 is 1.52 bits per heavy atom. The fourth-order valence-corrected chi connectivity index (χ4v) is 3.54. The van der Waals surface area contributed by atoms with Crippen LogP contribution in [-0.4, -0.2) is 45.7 Å². The van der Waals surface area contributed by atoms with Crippen molar-refractivity contribution in [3.63, 3.8) is 0 Å². The highest BCUT2D eigenvalue weighted by Gasteiger charge is 2.27. The van der Waals surface area contributed by atoms with Crippen molar-refractivity contribution in [2.45, 2.75) is 31.9 Å². The second-order valence-corrected chi connectivity index (χ2v) is 7.44. The summed E-state index contributed by atoms with van der Waals surface area (Å²) in [7, 11) is 0. The lowest BCUT2D eigenvalue weighted by Gasteiger charge is -2.20. The third-order valence-electron chi connectivity index (χ3n) is 3.23. The quantitative estimate of drug-likeness (QED) is 0.705. The minimum absolute atomic E-state index is 0.0498. The Balaban J connectivity index is 1.69. The maximum Gasteiger partial charge on any atom is 0.323 e. The summed E-state index contributed by atoms with van der Waals surface area (Å²) < 4.78 is 0. The highest BCUT2D eigenvalue weighted by molar-refractivity contribution is 7.98. The average Bonchev–Trinajstić information content (AvgIpc) is 3.14. The monoisotopic (exact) mass is 328 g/mol. The molecule has 116 valence electrons. The molecular weight excluding hydrogens is 308 g/mol. The van der Waals surface area contributed by atoms with Crippen LogP contribution in [0.25, 0.3) is 0 Å². The number of aromatic nitrogens is 1. The maximum absolute atomic E-state index is 12.1. The minimum Gasteiger partial charge on any atom is -0.480 e. The van der Waals surface area contributed by atoms with Gasteiger partial charge in [-0.2, -0.15) is 11.8 Å². The van der Waals surface area contributed by atoms with E-state index in [1.54, 1.807) is 23.1 Å². The molecule has 0 radical (unpaired) electrons. The van der Waals surface area contributed by atoms with Gasteiger partial charge in [0, 0.05) is 29.9 Å². The molecule has 1 heterocycles. The zero-order valence-electron chi connectivity index (χ0n) is 12.1. The summed E-state index contributed by atoms with van der Waals surface area (Å²) in [6.07, 6.45) is 2.62. The number of hydrogen-bond acceptors (Lipinski definition) is 5. The molecule has 0 unspecified atom stereocenters. The fourth-order valence-electron chi connectivity index (χ4n) is 2.00. The first kappa shape index (κ1) is 16.3. The fraction of sp³-hybridized carbons (Fsp3) is 0.643. The third-order valence-corrected chi connectivity index (χ3v) is 5.05. The molecule has 0 saturated heterocycles. The average molecular weight is 328 g/mol. The number of carbonyl (C=O) groups is 2. The van der Waals surface area contributed by atoms with E-state index in [0.717, 1.165) is 29.3 Å². The maximum atomic E-state index is 12.1. The van der Waals surface area contributed by atoms with Crippen molar-refractivity contribution in [2.24, 2.45) is 5.92 Å². The van der Waals surface area contributed by atoms with Crippen LogP contribution < -0.4 is 0 Å². The predicted molar refractivity (Wildman–Crippen MR) is 84.6 cm³/mol. The van der Waals surface area contributed by atoms with Crippen LogP contribution in [0.4, 0.5) is 0 Å². The van der Waals surface area contributed by atoms with E-state index in [9.17, 15) is 9.59 Å². The van der Waals surface area contributed by atoms with Crippen LogP contribution in [0.5, 0.6) is 0 Å². The normalized spacial score (nSPS) is 14.1. The molecule has 0 atom stereocenters. The van der Waals surface area contributed by atoms with E-state index in [1.807, 2.05) is 12.3 Å². The number of aryl methyl sites for hydroxylation is 1. The number of amides is 1. The largest absolute Gasteiger partial charge is 0.480 e. The Hall–Kier alpha value is -1.08. The molecule has 7 heteroatoms. The predicted octanol–water partition coefficient (Wildman–Crippen LogP) is 2.40. The first-order chi connectivity index (χ1) is 10.0. The molecule has 2 rings (SSSR count). The molecule has 0 spiro atoms. The van der Waals surface area contributed by atoms with Gasteiger partial charge in [0.15, 0.2) is 0 Å². The zero-order valence-corrected chi connectivity index (χ0v) is 13.7. The van der Waals surface area contributed by atoms with E-state index in [2.05, 4.69) is 4.98 Å². The minimum atomic E-state index is -0.936. The number of carbonyl (C=O) groups excluding carboxylic acids is 1. The Morgan fingerprint density at radius 3 is 2.86 bits per heavy atom. The first-order valence-electron chi connectivity index (χ1n) is 7.03. The van der Waals surface area contributed by atoms with E-state index < -0.39 is 5.97 Å². The lowest BCUT2D eigenvalue weighted by atomic mass is 10.3. The van der Waals surface area contributed by atoms with Gasteiger partial charge in [-0.25, -0.2) is 4.98 Å². The summed E-state index contributed by atoms with van der Waals surface area (Å²) in [5.74, 6) is 1.04. The van der Waals surface area contributed by atoms with Crippen molar-refractivity contribution in [2.75, 3.05) is 18.8 Å². The number of aliphatic carboxylic acids is 1. The van der Waals surface area contributed by atoms with Crippen LogP contribution in [0.3, 0.4) is 0 Å². The van der Waals surface area contributed by atoms with Gasteiger partial charge in [0.05, 0.1) is 10.7 Å². The first-order valence-corrected chi connectivity index (χ1v) is 9.06. The zero-order chi connectivity index (χ0) is 15.2. The van der Waals surface area contributed by atoms with Crippen molar-refractivity contribution in [3.05, 3.63) is 16.1 Å². The van der Waals surface area contributed by atoms with Crippen LogP contribution >= 0.6 is 23.1 Å². The van der Waals surface area contributed by atoms with E-state index in [4.69, 9.17) is 5.11 Å². The van der Waals surface area contributed by atoms with Crippen LogP contribution in [0, 0.1) is 12.8 Å². The smallest absolute Gasteiger partial charge is 0.323 e. The van der Waals surface area contributed by atoms with Crippen LogP contribution in [0.15, 0.2) is 5.38 Å². The molecule has 1 aliphatic carbocycles. The van der Waals surface area contributed by atoms with Gasteiger partial charge in [0.2, 0.25) is 5.91 Å². The molecule has 1 aromatic heterocycles. The van der Waals surface area contributed by atoms with Crippen molar-refractivity contribution in [1.29, 1.82) is 0 Å². The molecule has 0 aliphatic heterocycles. The van der Waals surface area contributed by atoms with Gasteiger partial charge >= 0.3 is 5.97 Å². The number of nitrogens with zero attached hydrogens (tertiary/aromatic N) is 2. The van der Waals surface area contributed by atoms with Crippen molar-refractivity contribution in [3.8, 4) is 0 Å². The Labute approximate surface area is 132 Å². The topological polar surface area (TPSA) is 70.5 Å². The molecule has 5 nitrogen and oxygen atoms in total. The Kier molecular flexibility index (Phi) is 6.05. The van der Waals surface area contributed by atoms with Crippen molar-refractivity contribution in [1.82, 2.24) is 9.88 Å². The summed E-state index contributed by atoms with van der Waals surface area (Å²) >= 11 is 3.30. The summed E-state index contributed by atoms with van der Waals surface area (Å²) in [4.78, 5) is 28.8. The molecule has 1 saturated carbocycles. The number of carboxylic acid groups (broad SMARTS) is 1. The standard InChI is InChI=1S/C14H20N2O3S2/c1-10-15-12(9-21-10)8-20-5-4-13(17)16(7-14(18)19)6-11-2-3-11/h9,11H,2-8H2,1H3,(H,18,19). The van der Waals surface area contributed by atoms with E-state index >= 15 is 0 Å². The lowest BCUT2D eigenvalue weighted by Crippen LogP contribution is -2.37. The van der Waals surface area contributed by atoms with Gasteiger partial charge in [-0.3, -0.25) is 9.59 Å². The summed E-state index contributed by atoms with van der Waals surface area (Å²) in [5.41, 5.74) is 1.05. The SMILES string of the molecule is Cc1nc(CSCCC(=O)N(CC(=O)O)CC2CC2)cs1. The van der Waals surface area contributed by atoms with E-state index in [0.29, 0.717) is 24.6 Å². The van der Waals surface area contributed by atoms with Gasteiger partial charge in [-0.15, -0.1) is 11.3 Å². The molecule has 1 fully saturated rings. The number of hydrogen-bond donors (Lipinski definition) is 1.